The average Bonchev–Trinajstić information content (AvgIpc) is 2.71. The van der Waals surface area contributed by atoms with E-state index < -0.39 is 0 Å². The summed E-state index contributed by atoms with van der Waals surface area (Å²) in [6, 6.07) is 12.8. The summed E-state index contributed by atoms with van der Waals surface area (Å²) in [5.74, 6) is -0.187. The number of halogens is 1. The predicted molar refractivity (Wildman–Crippen MR) is 112 cm³/mol. The first-order valence-corrected chi connectivity index (χ1v) is 9.27. The Balaban J connectivity index is 1.90. The summed E-state index contributed by atoms with van der Waals surface area (Å²) in [7, 11) is 3.42. The number of guanidine groups is 1. The van der Waals surface area contributed by atoms with Gasteiger partial charge in [-0.2, -0.15) is 0 Å². The number of anilines is 1. The van der Waals surface area contributed by atoms with Gasteiger partial charge >= 0.3 is 0 Å². The van der Waals surface area contributed by atoms with Gasteiger partial charge in [-0.05, 0) is 48.9 Å². The first-order valence-electron chi connectivity index (χ1n) is 9.27. The van der Waals surface area contributed by atoms with E-state index in [4.69, 9.17) is 0 Å². The largest absolute Gasteiger partial charge is 0.357 e. The Morgan fingerprint density at radius 3 is 2.24 bits per heavy atom. The highest BCUT2D eigenvalue weighted by Gasteiger charge is 2.08. The highest BCUT2D eigenvalue weighted by Crippen LogP contribution is 2.08. The van der Waals surface area contributed by atoms with Gasteiger partial charge in [-0.15, -0.1) is 0 Å². The highest BCUT2D eigenvalue weighted by molar-refractivity contribution is 5.95. The lowest BCUT2D eigenvalue weighted by molar-refractivity contribution is -0.115. The molecule has 29 heavy (non-hydrogen) atoms. The van der Waals surface area contributed by atoms with Crippen LogP contribution in [0.2, 0.25) is 0 Å². The molecule has 0 aliphatic rings. The number of rotatable bonds is 7. The molecule has 0 aliphatic carbocycles. The summed E-state index contributed by atoms with van der Waals surface area (Å²) < 4.78 is 12.9. The molecule has 2 aromatic rings. The van der Waals surface area contributed by atoms with Crippen molar-refractivity contribution in [3.63, 3.8) is 0 Å². The summed E-state index contributed by atoms with van der Waals surface area (Å²) >= 11 is 0. The smallest absolute Gasteiger partial charge is 0.253 e. The van der Waals surface area contributed by atoms with E-state index in [1.54, 1.807) is 26.2 Å². The van der Waals surface area contributed by atoms with E-state index in [2.05, 4.69) is 20.9 Å². The van der Waals surface area contributed by atoms with Crippen LogP contribution in [0.1, 0.15) is 22.8 Å². The zero-order valence-corrected chi connectivity index (χ0v) is 16.8. The maximum atomic E-state index is 12.9. The minimum Gasteiger partial charge on any atom is -0.357 e. The molecule has 0 aromatic heterocycles. The molecule has 0 unspecified atom stereocenters. The van der Waals surface area contributed by atoms with Gasteiger partial charge in [0.2, 0.25) is 5.91 Å². The van der Waals surface area contributed by atoms with E-state index in [0.29, 0.717) is 30.3 Å². The normalized spacial score (nSPS) is 11.0. The molecule has 2 amide bonds. The number of nitrogens with zero attached hydrogens (tertiary/aromatic N) is 2. The fraction of sp³-hybridized carbons (Fsp3) is 0.286. The first-order chi connectivity index (χ1) is 13.9. The lowest BCUT2D eigenvalue weighted by Crippen LogP contribution is -2.41. The molecule has 0 fully saturated rings. The number of carbonyl (C=O) groups is 2. The lowest BCUT2D eigenvalue weighted by Gasteiger charge is -2.12. The van der Waals surface area contributed by atoms with Crippen molar-refractivity contribution in [1.82, 2.24) is 15.5 Å². The maximum absolute atomic E-state index is 12.9. The van der Waals surface area contributed by atoms with Crippen LogP contribution in [-0.2, 0) is 11.3 Å². The zero-order chi connectivity index (χ0) is 21.2. The van der Waals surface area contributed by atoms with E-state index in [-0.39, 0.29) is 24.2 Å². The second-order valence-corrected chi connectivity index (χ2v) is 6.50. The molecule has 0 heterocycles. The van der Waals surface area contributed by atoms with E-state index in [1.165, 1.54) is 29.2 Å². The molecule has 3 N–H and O–H groups in total. The summed E-state index contributed by atoms with van der Waals surface area (Å²) in [5.41, 5.74) is 2.07. The molecule has 0 bridgehead atoms. The zero-order valence-electron chi connectivity index (χ0n) is 16.8. The number of hydrogen-bond acceptors (Lipinski definition) is 3. The molecule has 154 valence electrons. The van der Waals surface area contributed by atoms with Crippen molar-refractivity contribution in [3.05, 3.63) is 65.5 Å². The van der Waals surface area contributed by atoms with Gasteiger partial charge in [-0.3, -0.25) is 9.59 Å². The number of hydrogen-bond donors (Lipinski definition) is 3. The molecule has 0 radical (unpaired) electrons. The number of amides is 2. The third-order valence-corrected chi connectivity index (χ3v) is 3.92. The lowest BCUT2D eigenvalue weighted by atomic mass is 10.1. The van der Waals surface area contributed by atoms with Crippen molar-refractivity contribution in [3.8, 4) is 0 Å². The van der Waals surface area contributed by atoms with Crippen molar-refractivity contribution in [1.29, 1.82) is 0 Å². The molecule has 2 aromatic carbocycles. The van der Waals surface area contributed by atoms with Crippen molar-refractivity contribution in [2.24, 2.45) is 4.99 Å². The van der Waals surface area contributed by atoms with E-state index >= 15 is 0 Å². The predicted octanol–water partition coefficient (Wildman–Crippen LogP) is 2.22. The topological polar surface area (TPSA) is 85.8 Å². The summed E-state index contributed by atoms with van der Waals surface area (Å²) in [6.45, 7) is 2.98. The molecule has 0 spiro atoms. The van der Waals surface area contributed by atoms with E-state index in [9.17, 15) is 14.0 Å². The monoisotopic (exact) mass is 399 g/mol. The summed E-state index contributed by atoms with van der Waals surface area (Å²) in [6.07, 6.45) is 0. The summed E-state index contributed by atoms with van der Waals surface area (Å²) in [4.78, 5) is 30.0. The molecule has 0 atom stereocenters. The quantitative estimate of drug-likeness (QED) is 0.492. The van der Waals surface area contributed by atoms with Crippen LogP contribution in [0.3, 0.4) is 0 Å². The van der Waals surface area contributed by atoms with Gasteiger partial charge < -0.3 is 20.9 Å². The third-order valence-electron chi connectivity index (χ3n) is 3.92. The molecule has 2 rings (SSSR count). The van der Waals surface area contributed by atoms with Gasteiger partial charge in [-0.1, -0.05) is 12.1 Å². The van der Waals surface area contributed by atoms with Gasteiger partial charge in [-0.25, -0.2) is 9.38 Å². The van der Waals surface area contributed by atoms with Crippen LogP contribution in [0.15, 0.2) is 53.5 Å². The molecule has 7 nitrogen and oxygen atoms in total. The Morgan fingerprint density at radius 1 is 1.00 bits per heavy atom. The van der Waals surface area contributed by atoms with Crippen LogP contribution in [0.5, 0.6) is 0 Å². The van der Waals surface area contributed by atoms with E-state index in [1.807, 2.05) is 19.1 Å². The highest BCUT2D eigenvalue weighted by atomic mass is 19.1. The van der Waals surface area contributed by atoms with E-state index in [0.717, 1.165) is 5.56 Å². The Kier molecular flexibility index (Phi) is 8.14. The Morgan fingerprint density at radius 2 is 1.66 bits per heavy atom. The SMILES string of the molecule is CCNC(=NCc1ccc(C(=O)N(C)C)cc1)NCC(=O)Nc1ccc(F)cc1. The molecule has 8 heteroatoms. The third kappa shape index (κ3) is 7.25. The number of carbonyl (C=O) groups excluding carboxylic acids is 2. The van der Waals surface area contributed by atoms with Crippen molar-refractivity contribution < 1.29 is 14.0 Å². The average molecular weight is 399 g/mol. The van der Waals surface area contributed by atoms with Gasteiger partial charge in [0.15, 0.2) is 5.96 Å². The van der Waals surface area contributed by atoms with Gasteiger partial charge in [0.25, 0.3) is 5.91 Å². The van der Waals surface area contributed by atoms with Crippen molar-refractivity contribution in [2.45, 2.75) is 13.5 Å². The van der Waals surface area contributed by atoms with Crippen LogP contribution in [0.25, 0.3) is 0 Å². The molecule has 0 saturated carbocycles. The van der Waals surface area contributed by atoms with Crippen LogP contribution in [-0.4, -0.2) is 49.9 Å². The van der Waals surface area contributed by atoms with Crippen molar-refractivity contribution in [2.75, 3.05) is 32.5 Å². The second kappa shape index (κ2) is 10.8. The minimum absolute atomic E-state index is 0.0134. The second-order valence-electron chi connectivity index (χ2n) is 6.50. The van der Waals surface area contributed by atoms with Gasteiger partial charge in [0.05, 0.1) is 13.1 Å². The fourth-order valence-electron chi connectivity index (χ4n) is 2.43. The molecular formula is C21H26FN5O2. The Bertz CT molecular complexity index is 848. The number of benzene rings is 2. The molecule has 0 saturated heterocycles. The number of nitrogens with one attached hydrogen (secondary N) is 3. The van der Waals surface area contributed by atoms with Gasteiger partial charge in [0.1, 0.15) is 5.82 Å². The standard InChI is InChI=1S/C21H26FN5O2/c1-4-23-21(25-14-19(28)26-18-11-9-17(22)10-12-18)24-13-15-5-7-16(8-6-15)20(29)27(2)3/h5-12H,4,13-14H2,1-3H3,(H,26,28)(H2,23,24,25). The molecule has 0 aliphatic heterocycles. The fourth-order valence-corrected chi connectivity index (χ4v) is 2.43. The van der Waals surface area contributed by atoms with Gasteiger partial charge in [0, 0.05) is 31.9 Å². The summed E-state index contributed by atoms with van der Waals surface area (Å²) in [5, 5.41) is 8.71. The van der Waals surface area contributed by atoms with Crippen LogP contribution in [0, 0.1) is 5.82 Å². The number of aliphatic imine (C=N–C) groups is 1. The van der Waals surface area contributed by atoms with Crippen LogP contribution in [0.4, 0.5) is 10.1 Å². The van der Waals surface area contributed by atoms with Crippen molar-refractivity contribution >= 4 is 23.5 Å². The van der Waals surface area contributed by atoms with Crippen LogP contribution >= 0.6 is 0 Å². The Hall–Kier alpha value is -3.42. The van der Waals surface area contributed by atoms with Crippen LogP contribution < -0.4 is 16.0 Å². The maximum Gasteiger partial charge on any atom is 0.253 e. The molecular weight excluding hydrogens is 373 g/mol. The first kappa shape index (κ1) is 21.9. The Labute approximate surface area is 170 Å². The minimum atomic E-state index is -0.359.